The Kier molecular flexibility index (Phi) is 3.03. The minimum atomic E-state index is 0.701. The first-order chi connectivity index (χ1) is 9.83. The van der Waals surface area contributed by atoms with Gasteiger partial charge in [-0.2, -0.15) is 0 Å². The number of amides is 1. The van der Waals surface area contributed by atoms with Gasteiger partial charge in [0.25, 0.3) is 0 Å². The fourth-order valence-electron chi connectivity index (χ4n) is 4.04. The number of anilines is 1. The zero-order valence-electron chi connectivity index (χ0n) is 11.8. The highest BCUT2D eigenvalue weighted by Crippen LogP contribution is 2.42. The zero-order chi connectivity index (χ0) is 13.5. The Morgan fingerprint density at radius 1 is 1.30 bits per heavy atom. The normalized spacial score (nSPS) is 28.8. The first kappa shape index (κ1) is 12.4. The molecule has 2 atom stereocenters. The SMILES string of the molecule is O=CNc1ccc2c(c1)C1CCN(CC3CC3)C(C2)C1. The lowest BCUT2D eigenvalue weighted by Crippen LogP contribution is -2.46. The van der Waals surface area contributed by atoms with Crippen LogP contribution in [0, 0.1) is 5.92 Å². The van der Waals surface area contributed by atoms with E-state index in [4.69, 9.17) is 0 Å². The molecule has 2 aliphatic carbocycles. The number of nitrogens with one attached hydrogen (secondary N) is 1. The number of hydrogen-bond acceptors (Lipinski definition) is 2. The molecule has 1 saturated heterocycles. The molecule has 1 N–H and O–H groups in total. The van der Waals surface area contributed by atoms with Gasteiger partial charge in [-0.25, -0.2) is 0 Å². The highest BCUT2D eigenvalue weighted by molar-refractivity contribution is 5.72. The fraction of sp³-hybridized carbons (Fsp3) is 0.588. The summed E-state index contributed by atoms with van der Waals surface area (Å²) in [6, 6.07) is 7.22. The third kappa shape index (κ3) is 2.24. The third-order valence-electron chi connectivity index (χ3n) is 5.29. The number of piperidine rings is 1. The van der Waals surface area contributed by atoms with Gasteiger partial charge in [0.05, 0.1) is 0 Å². The number of likely N-dealkylation sites (tertiary alicyclic amines) is 1. The van der Waals surface area contributed by atoms with Crippen molar-refractivity contribution < 1.29 is 4.79 Å². The second-order valence-electron chi connectivity index (χ2n) is 6.69. The molecule has 2 unspecified atom stereocenters. The number of nitrogens with zero attached hydrogens (tertiary/aromatic N) is 1. The Balaban J connectivity index is 1.57. The molecule has 1 heterocycles. The third-order valence-corrected chi connectivity index (χ3v) is 5.29. The van der Waals surface area contributed by atoms with Crippen LogP contribution in [0.5, 0.6) is 0 Å². The van der Waals surface area contributed by atoms with Gasteiger partial charge >= 0.3 is 0 Å². The average Bonchev–Trinajstić information content (AvgIpc) is 3.27. The number of carbonyl (C=O) groups excluding carboxylic acids is 1. The van der Waals surface area contributed by atoms with Crippen LogP contribution in [0.2, 0.25) is 0 Å². The van der Waals surface area contributed by atoms with Gasteiger partial charge in [-0.05, 0) is 73.7 Å². The Morgan fingerprint density at radius 2 is 2.20 bits per heavy atom. The first-order valence-electron chi connectivity index (χ1n) is 7.90. The van der Waals surface area contributed by atoms with Gasteiger partial charge in [0.1, 0.15) is 0 Å². The van der Waals surface area contributed by atoms with E-state index in [-0.39, 0.29) is 0 Å². The van der Waals surface area contributed by atoms with E-state index in [0.29, 0.717) is 5.92 Å². The topological polar surface area (TPSA) is 32.3 Å². The van der Waals surface area contributed by atoms with E-state index in [9.17, 15) is 4.79 Å². The van der Waals surface area contributed by atoms with Gasteiger partial charge in [0.15, 0.2) is 0 Å². The molecular weight excluding hydrogens is 248 g/mol. The summed E-state index contributed by atoms with van der Waals surface area (Å²) in [5.74, 6) is 1.69. The summed E-state index contributed by atoms with van der Waals surface area (Å²) in [6.45, 7) is 2.59. The molecule has 3 aliphatic rings. The minimum Gasteiger partial charge on any atom is -0.329 e. The van der Waals surface area contributed by atoms with Crippen molar-refractivity contribution in [2.45, 2.75) is 44.1 Å². The molecule has 2 fully saturated rings. The van der Waals surface area contributed by atoms with Crippen molar-refractivity contribution in [2.24, 2.45) is 5.92 Å². The lowest BCUT2D eigenvalue weighted by Gasteiger charge is -2.44. The first-order valence-corrected chi connectivity index (χ1v) is 7.90. The maximum Gasteiger partial charge on any atom is 0.211 e. The summed E-state index contributed by atoms with van der Waals surface area (Å²) in [5.41, 5.74) is 3.93. The highest BCUT2D eigenvalue weighted by Gasteiger charge is 2.37. The van der Waals surface area contributed by atoms with Crippen molar-refractivity contribution in [2.75, 3.05) is 18.4 Å². The number of fused-ring (bicyclic) bond motifs is 4. The fourth-order valence-corrected chi connectivity index (χ4v) is 4.04. The lowest BCUT2D eigenvalue weighted by atomic mass is 9.75. The van der Waals surface area contributed by atoms with Crippen molar-refractivity contribution in [3.63, 3.8) is 0 Å². The number of carbonyl (C=O) groups is 1. The lowest BCUT2D eigenvalue weighted by molar-refractivity contribution is -0.105. The Bertz CT molecular complexity index is 524. The molecule has 0 aromatic heterocycles. The van der Waals surface area contributed by atoms with Gasteiger partial charge in [-0.1, -0.05) is 6.07 Å². The Morgan fingerprint density at radius 3 is 3.00 bits per heavy atom. The van der Waals surface area contributed by atoms with E-state index in [1.165, 1.54) is 56.3 Å². The average molecular weight is 270 g/mol. The minimum absolute atomic E-state index is 0.701. The maximum atomic E-state index is 10.6. The van der Waals surface area contributed by atoms with E-state index in [0.717, 1.165) is 24.1 Å². The van der Waals surface area contributed by atoms with E-state index in [1.807, 2.05) is 6.07 Å². The van der Waals surface area contributed by atoms with Crippen molar-refractivity contribution in [3.05, 3.63) is 29.3 Å². The van der Waals surface area contributed by atoms with Crippen LogP contribution < -0.4 is 5.32 Å². The molecule has 0 spiro atoms. The summed E-state index contributed by atoms with van der Waals surface area (Å²) in [7, 11) is 0. The molecule has 2 bridgehead atoms. The second-order valence-corrected chi connectivity index (χ2v) is 6.69. The van der Waals surface area contributed by atoms with E-state index in [1.54, 1.807) is 0 Å². The van der Waals surface area contributed by atoms with Crippen LogP contribution in [0.15, 0.2) is 18.2 Å². The quantitative estimate of drug-likeness (QED) is 0.853. The molecule has 4 rings (SSSR count). The predicted molar refractivity (Wildman–Crippen MR) is 79.9 cm³/mol. The van der Waals surface area contributed by atoms with Crippen LogP contribution in [0.25, 0.3) is 0 Å². The molecule has 3 heteroatoms. The van der Waals surface area contributed by atoms with Gasteiger partial charge < -0.3 is 5.32 Å². The molecule has 1 aliphatic heterocycles. The molecule has 1 saturated carbocycles. The van der Waals surface area contributed by atoms with Gasteiger partial charge in [0.2, 0.25) is 6.41 Å². The Hall–Kier alpha value is -1.35. The molecule has 106 valence electrons. The van der Waals surface area contributed by atoms with Crippen molar-refractivity contribution in [1.29, 1.82) is 0 Å². The molecule has 1 amide bonds. The maximum absolute atomic E-state index is 10.6. The predicted octanol–water partition coefficient (Wildman–Crippen LogP) is 2.77. The van der Waals surface area contributed by atoms with E-state index < -0.39 is 0 Å². The van der Waals surface area contributed by atoms with Crippen molar-refractivity contribution in [3.8, 4) is 0 Å². The van der Waals surface area contributed by atoms with Gasteiger partial charge in [-0.3, -0.25) is 9.69 Å². The van der Waals surface area contributed by atoms with E-state index >= 15 is 0 Å². The Labute approximate surface area is 120 Å². The largest absolute Gasteiger partial charge is 0.329 e. The van der Waals surface area contributed by atoms with Crippen LogP contribution in [0.3, 0.4) is 0 Å². The standard InChI is InChI=1S/C17H22N2O/c20-11-18-15-4-3-13-7-16-8-14(17(13)9-15)5-6-19(16)10-12-1-2-12/h3-4,9,11-12,14,16H,1-2,5-8,10H2,(H,18,20). The summed E-state index contributed by atoms with van der Waals surface area (Å²) in [6.07, 6.45) is 7.45. The van der Waals surface area contributed by atoms with Crippen LogP contribution in [0.4, 0.5) is 5.69 Å². The molecule has 20 heavy (non-hydrogen) atoms. The smallest absolute Gasteiger partial charge is 0.211 e. The highest BCUT2D eigenvalue weighted by atomic mass is 16.1. The van der Waals surface area contributed by atoms with Crippen LogP contribution in [-0.2, 0) is 11.2 Å². The van der Waals surface area contributed by atoms with Crippen LogP contribution in [0.1, 0.15) is 42.7 Å². The monoisotopic (exact) mass is 270 g/mol. The molecule has 1 aromatic carbocycles. The number of rotatable bonds is 4. The summed E-state index contributed by atoms with van der Waals surface area (Å²) in [4.78, 5) is 13.3. The number of hydrogen-bond donors (Lipinski definition) is 1. The van der Waals surface area contributed by atoms with Crippen LogP contribution >= 0.6 is 0 Å². The van der Waals surface area contributed by atoms with Gasteiger partial charge in [-0.15, -0.1) is 0 Å². The zero-order valence-corrected chi connectivity index (χ0v) is 11.8. The second kappa shape index (κ2) is 4.88. The van der Waals surface area contributed by atoms with Crippen molar-refractivity contribution in [1.82, 2.24) is 4.90 Å². The molecule has 0 radical (unpaired) electrons. The van der Waals surface area contributed by atoms with Crippen LogP contribution in [-0.4, -0.2) is 30.4 Å². The summed E-state index contributed by atoms with van der Waals surface area (Å²) < 4.78 is 0. The summed E-state index contributed by atoms with van der Waals surface area (Å²) >= 11 is 0. The molecule has 1 aromatic rings. The number of benzene rings is 1. The molecular formula is C17H22N2O. The van der Waals surface area contributed by atoms with Crippen molar-refractivity contribution >= 4 is 12.1 Å². The molecule has 3 nitrogen and oxygen atoms in total. The van der Waals surface area contributed by atoms with E-state index in [2.05, 4.69) is 22.3 Å². The summed E-state index contributed by atoms with van der Waals surface area (Å²) in [5, 5.41) is 2.78. The van der Waals surface area contributed by atoms with Gasteiger partial charge in [0, 0.05) is 18.3 Å².